The van der Waals surface area contributed by atoms with Gasteiger partial charge in [-0.15, -0.1) is 6.58 Å². The number of ether oxygens (including phenoxy) is 2. The standard InChI is InChI=1S/C18H19Cl2NO2/c1-3-8-21-11-14-9-17(22-2)18(10-16(14)20)23-12-13-4-6-15(19)7-5-13/h3-7,9-10,21H,1,8,11-12H2,2H3. The van der Waals surface area contributed by atoms with Crippen molar-refractivity contribution in [1.29, 1.82) is 0 Å². The fourth-order valence-electron chi connectivity index (χ4n) is 2.04. The Morgan fingerprint density at radius 1 is 1.13 bits per heavy atom. The molecule has 122 valence electrons. The third kappa shape index (κ3) is 5.17. The molecule has 0 aromatic heterocycles. The van der Waals surface area contributed by atoms with Gasteiger partial charge in [0.15, 0.2) is 11.5 Å². The molecule has 0 saturated heterocycles. The molecule has 0 unspecified atom stereocenters. The predicted molar refractivity (Wildman–Crippen MR) is 95.7 cm³/mol. The summed E-state index contributed by atoms with van der Waals surface area (Å²) in [4.78, 5) is 0. The van der Waals surface area contributed by atoms with Crippen LogP contribution in [0.5, 0.6) is 11.5 Å². The zero-order chi connectivity index (χ0) is 16.7. The van der Waals surface area contributed by atoms with E-state index in [4.69, 9.17) is 32.7 Å². The van der Waals surface area contributed by atoms with Crippen molar-refractivity contribution in [2.24, 2.45) is 0 Å². The number of halogens is 2. The highest BCUT2D eigenvalue weighted by molar-refractivity contribution is 6.31. The third-order valence-corrected chi connectivity index (χ3v) is 3.85. The lowest BCUT2D eigenvalue weighted by atomic mass is 10.2. The molecule has 0 amide bonds. The molecule has 0 bridgehead atoms. The Bertz CT molecular complexity index is 657. The van der Waals surface area contributed by atoms with Gasteiger partial charge in [0.05, 0.1) is 7.11 Å². The van der Waals surface area contributed by atoms with E-state index in [-0.39, 0.29) is 0 Å². The van der Waals surface area contributed by atoms with Crippen LogP contribution in [0.25, 0.3) is 0 Å². The minimum Gasteiger partial charge on any atom is -0.493 e. The molecule has 1 N–H and O–H groups in total. The maximum Gasteiger partial charge on any atom is 0.163 e. The van der Waals surface area contributed by atoms with E-state index in [0.29, 0.717) is 41.2 Å². The van der Waals surface area contributed by atoms with Gasteiger partial charge in [-0.1, -0.05) is 41.4 Å². The van der Waals surface area contributed by atoms with Crippen LogP contribution >= 0.6 is 23.2 Å². The van der Waals surface area contributed by atoms with Gasteiger partial charge in [0.25, 0.3) is 0 Å². The van der Waals surface area contributed by atoms with E-state index < -0.39 is 0 Å². The first-order valence-electron chi connectivity index (χ1n) is 7.19. The topological polar surface area (TPSA) is 30.5 Å². The Labute approximate surface area is 146 Å². The van der Waals surface area contributed by atoms with Crippen molar-refractivity contribution in [2.75, 3.05) is 13.7 Å². The van der Waals surface area contributed by atoms with Gasteiger partial charge in [-0.05, 0) is 29.3 Å². The van der Waals surface area contributed by atoms with Gasteiger partial charge < -0.3 is 14.8 Å². The molecule has 3 nitrogen and oxygen atoms in total. The van der Waals surface area contributed by atoms with E-state index in [2.05, 4.69) is 11.9 Å². The van der Waals surface area contributed by atoms with E-state index in [1.807, 2.05) is 30.3 Å². The summed E-state index contributed by atoms with van der Waals surface area (Å²) in [5, 5.41) is 4.55. The second-order valence-corrected chi connectivity index (χ2v) is 5.77. The minimum atomic E-state index is 0.415. The van der Waals surface area contributed by atoms with Gasteiger partial charge in [-0.2, -0.15) is 0 Å². The molecule has 0 atom stereocenters. The molecule has 2 rings (SSSR count). The molecule has 0 fully saturated rings. The lowest BCUT2D eigenvalue weighted by Crippen LogP contribution is -2.13. The Morgan fingerprint density at radius 2 is 1.87 bits per heavy atom. The number of rotatable bonds is 8. The number of nitrogens with one attached hydrogen (secondary N) is 1. The number of hydrogen-bond acceptors (Lipinski definition) is 3. The third-order valence-electron chi connectivity index (χ3n) is 3.24. The molecule has 0 aliphatic heterocycles. The summed E-state index contributed by atoms with van der Waals surface area (Å²) in [6.45, 7) is 5.44. The van der Waals surface area contributed by atoms with Crippen molar-refractivity contribution in [3.05, 3.63) is 70.2 Å². The van der Waals surface area contributed by atoms with Crippen LogP contribution in [0.4, 0.5) is 0 Å². The molecule has 0 spiro atoms. The second-order valence-electron chi connectivity index (χ2n) is 4.93. The summed E-state index contributed by atoms with van der Waals surface area (Å²) in [5.41, 5.74) is 1.97. The average molecular weight is 352 g/mol. The average Bonchev–Trinajstić information content (AvgIpc) is 2.56. The van der Waals surface area contributed by atoms with Crippen LogP contribution in [-0.4, -0.2) is 13.7 Å². The normalized spacial score (nSPS) is 10.4. The lowest BCUT2D eigenvalue weighted by molar-refractivity contribution is 0.284. The molecule has 0 saturated carbocycles. The van der Waals surface area contributed by atoms with Crippen molar-refractivity contribution >= 4 is 23.2 Å². The number of benzene rings is 2. The first-order valence-corrected chi connectivity index (χ1v) is 7.95. The Kier molecular flexibility index (Phi) is 6.78. The van der Waals surface area contributed by atoms with Crippen molar-refractivity contribution in [2.45, 2.75) is 13.2 Å². The predicted octanol–water partition coefficient (Wildman–Crippen LogP) is 4.86. The fraction of sp³-hybridized carbons (Fsp3) is 0.222. The van der Waals surface area contributed by atoms with Gasteiger partial charge in [0, 0.05) is 29.2 Å². The Hall–Kier alpha value is -1.68. The van der Waals surface area contributed by atoms with Crippen LogP contribution in [0.3, 0.4) is 0 Å². The Balaban J connectivity index is 2.09. The van der Waals surface area contributed by atoms with Crippen LogP contribution in [-0.2, 0) is 13.2 Å². The van der Waals surface area contributed by atoms with Crippen molar-refractivity contribution in [1.82, 2.24) is 5.32 Å². The zero-order valence-electron chi connectivity index (χ0n) is 12.9. The summed E-state index contributed by atoms with van der Waals surface area (Å²) >= 11 is 12.2. The molecular weight excluding hydrogens is 333 g/mol. The first-order chi connectivity index (χ1) is 11.1. The van der Waals surface area contributed by atoms with Gasteiger partial charge in [0.1, 0.15) is 6.61 Å². The molecular formula is C18H19Cl2NO2. The Morgan fingerprint density at radius 3 is 2.52 bits per heavy atom. The summed E-state index contributed by atoms with van der Waals surface area (Å²) < 4.78 is 11.2. The smallest absolute Gasteiger partial charge is 0.163 e. The van der Waals surface area contributed by atoms with E-state index in [1.165, 1.54) is 0 Å². The maximum atomic E-state index is 6.32. The highest BCUT2D eigenvalue weighted by Crippen LogP contribution is 2.34. The highest BCUT2D eigenvalue weighted by Gasteiger charge is 2.10. The molecule has 0 heterocycles. The SMILES string of the molecule is C=CCNCc1cc(OC)c(OCc2ccc(Cl)cc2)cc1Cl. The van der Waals surface area contributed by atoms with Crippen LogP contribution in [0, 0.1) is 0 Å². The van der Waals surface area contributed by atoms with Crippen molar-refractivity contribution < 1.29 is 9.47 Å². The summed E-state index contributed by atoms with van der Waals surface area (Å²) in [6, 6.07) is 11.2. The minimum absolute atomic E-state index is 0.415. The molecule has 0 aliphatic carbocycles. The first kappa shape index (κ1) is 17.7. The summed E-state index contributed by atoms with van der Waals surface area (Å²) in [6.07, 6.45) is 1.80. The van der Waals surface area contributed by atoms with Crippen molar-refractivity contribution in [3.8, 4) is 11.5 Å². The molecule has 0 radical (unpaired) electrons. The zero-order valence-corrected chi connectivity index (χ0v) is 14.5. The monoisotopic (exact) mass is 351 g/mol. The number of methoxy groups -OCH3 is 1. The number of hydrogen-bond donors (Lipinski definition) is 1. The van der Waals surface area contributed by atoms with Crippen LogP contribution in [0.2, 0.25) is 10.0 Å². The lowest BCUT2D eigenvalue weighted by Gasteiger charge is -2.14. The summed E-state index contributed by atoms with van der Waals surface area (Å²) in [5.74, 6) is 1.26. The van der Waals surface area contributed by atoms with E-state index in [9.17, 15) is 0 Å². The molecule has 2 aromatic carbocycles. The van der Waals surface area contributed by atoms with Gasteiger partial charge in [-0.3, -0.25) is 0 Å². The second kappa shape index (κ2) is 8.82. The quantitative estimate of drug-likeness (QED) is 0.544. The summed E-state index contributed by atoms with van der Waals surface area (Å²) in [7, 11) is 1.61. The van der Waals surface area contributed by atoms with E-state index in [1.54, 1.807) is 19.3 Å². The maximum absolute atomic E-state index is 6.32. The molecule has 0 aliphatic rings. The van der Waals surface area contributed by atoms with Crippen LogP contribution in [0.1, 0.15) is 11.1 Å². The van der Waals surface area contributed by atoms with E-state index >= 15 is 0 Å². The van der Waals surface area contributed by atoms with Crippen LogP contribution < -0.4 is 14.8 Å². The van der Waals surface area contributed by atoms with Crippen LogP contribution in [0.15, 0.2) is 49.1 Å². The molecule has 2 aromatic rings. The fourth-order valence-corrected chi connectivity index (χ4v) is 2.38. The van der Waals surface area contributed by atoms with E-state index in [0.717, 1.165) is 11.1 Å². The molecule has 5 heteroatoms. The highest BCUT2D eigenvalue weighted by atomic mass is 35.5. The molecule has 23 heavy (non-hydrogen) atoms. The largest absolute Gasteiger partial charge is 0.493 e. The van der Waals surface area contributed by atoms with Crippen molar-refractivity contribution in [3.63, 3.8) is 0 Å². The van der Waals surface area contributed by atoms with Gasteiger partial charge in [-0.25, -0.2) is 0 Å². The van der Waals surface area contributed by atoms with Gasteiger partial charge in [0.2, 0.25) is 0 Å². The van der Waals surface area contributed by atoms with Gasteiger partial charge >= 0.3 is 0 Å².